The lowest BCUT2D eigenvalue weighted by Gasteiger charge is -2.41. The van der Waals surface area contributed by atoms with Gasteiger partial charge in [-0.25, -0.2) is 0 Å². The summed E-state index contributed by atoms with van der Waals surface area (Å²) in [6.07, 6.45) is 3.28. The molecule has 0 saturated carbocycles. The summed E-state index contributed by atoms with van der Waals surface area (Å²) in [6.45, 7) is 0. The molecule has 3 aromatic rings. The highest BCUT2D eigenvalue weighted by molar-refractivity contribution is 6.33. The summed E-state index contributed by atoms with van der Waals surface area (Å²) in [7, 11) is 0. The Morgan fingerprint density at radius 1 is 1.11 bits per heavy atom. The van der Waals surface area contributed by atoms with Crippen LogP contribution in [-0.2, 0) is 11.0 Å². The average Bonchev–Trinajstić information content (AvgIpc) is 3.38. The number of nitriles is 1. The summed E-state index contributed by atoms with van der Waals surface area (Å²) >= 11 is 6.48. The zero-order chi connectivity index (χ0) is 24.7. The molecule has 0 N–H and O–H groups in total. The van der Waals surface area contributed by atoms with E-state index in [1.165, 1.54) is 6.07 Å². The van der Waals surface area contributed by atoms with Crippen molar-refractivity contribution in [3.8, 4) is 6.07 Å². The molecule has 0 fully saturated rings. The van der Waals surface area contributed by atoms with Crippen LogP contribution < -0.4 is 4.90 Å². The summed E-state index contributed by atoms with van der Waals surface area (Å²) < 4.78 is 42.6. The van der Waals surface area contributed by atoms with E-state index in [0.717, 1.165) is 12.1 Å². The lowest BCUT2D eigenvalue weighted by Crippen LogP contribution is -2.37. The molecule has 1 atom stereocenters. The van der Waals surface area contributed by atoms with E-state index in [1.807, 2.05) is 0 Å². The Morgan fingerprint density at radius 3 is 2.54 bits per heavy atom. The van der Waals surface area contributed by atoms with Gasteiger partial charge in [0.2, 0.25) is 0 Å². The van der Waals surface area contributed by atoms with Crippen LogP contribution in [-0.4, -0.2) is 15.3 Å². The smallest absolute Gasteiger partial charge is 0.309 e. The largest absolute Gasteiger partial charge is 0.416 e. The molecule has 1 aliphatic carbocycles. The van der Waals surface area contributed by atoms with Crippen LogP contribution in [0.2, 0.25) is 5.02 Å². The second-order valence-electron chi connectivity index (χ2n) is 8.30. The van der Waals surface area contributed by atoms with Gasteiger partial charge < -0.3 is 4.57 Å². The minimum absolute atomic E-state index is 0.0600. The normalized spacial score (nSPS) is 18.5. The maximum atomic E-state index is 13.7. The average molecular weight is 495 g/mol. The molecular weight excluding hydrogens is 477 g/mol. The van der Waals surface area contributed by atoms with Crippen LogP contribution in [0.3, 0.4) is 0 Å². The van der Waals surface area contributed by atoms with Gasteiger partial charge in [0.15, 0.2) is 5.78 Å². The molecule has 5 rings (SSSR count). The molecule has 0 radical (unpaired) electrons. The predicted molar refractivity (Wildman–Crippen MR) is 125 cm³/mol. The lowest BCUT2D eigenvalue weighted by atomic mass is 9.76. The molecule has 0 unspecified atom stereocenters. The number of carbonyl (C=O) groups excluding carboxylic acids is 1. The number of nitrogens with zero attached hydrogens (tertiary/aromatic N) is 4. The molecule has 1 aliphatic heterocycles. The van der Waals surface area contributed by atoms with E-state index in [9.17, 15) is 23.2 Å². The number of benzene rings is 1. The van der Waals surface area contributed by atoms with Gasteiger partial charge in [-0.1, -0.05) is 17.7 Å². The highest BCUT2D eigenvalue weighted by Crippen LogP contribution is 2.50. The number of ketones is 1. The molecule has 5 nitrogen and oxygen atoms in total. The monoisotopic (exact) mass is 494 g/mol. The molecule has 0 bridgehead atoms. The number of carbonyl (C=O) groups is 1. The van der Waals surface area contributed by atoms with E-state index in [0.29, 0.717) is 35.5 Å². The first-order valence-corrected chi connectivity index (χ1v) is 11.3. The maximum absolute atomic E-state index is 13.7. The van der Waals surface area contributed by atoms with Gasteiger partial charge in [-0.05, 0) is 54.8 Å². The van der Waals surface area contributed by atoms with Crippen molar-refractivity contribution in [2.75, 3.05) is 4.90 Å². The highest BCUT2D eigenvalue weighted by Gasteiger charge is 2.42. The fourth-order valence-electron chi connectivity index (χ4n) is 4.77. The van der Waals surface area contributed by atoms with Gasteiger partial charge in [-0.2, -0.15) is 18.4 Å². The Balaban J connectivity index is 1.86. The van der Waals surface area contributed by atoms with Crippen LogP contribution in [0.15, 0.2) is 84.1 Å². The van der Waals surface area contributed by atoms with Crippen molar-refractivity contribution in [3.63, 3.8) is 0 Å². The van der Waals surface area contributed by atoms with Gasteiger partial charge in [0, 0.05) is 42.5 Å². The summed E-state index contributed by atoms with van der Waals surface area (Å²) in [5.41, 5.74) is 0.998. The molecule has 9 heteroatoms. The first kappa shape index (κ1) is 22.9. The van der Waals surface area contributed by atoms with E-state index in [4.69, 9.17) is 11.6 Å². The molecule has 1 aromatic carbocycles. The number of pyridine rings is 1. The van der Waals surface area contributed by atoms with Crippen LogP contribution in [0, 0.1) is 11.3 Å². The number of aromatic nitrogens is 2. The topological polar surface area (TPSA) is 61.9 Å². The fraction of sp³-hybridized carbons (Fsp3) is 0.192. The van der Waals surface area contributed by atoms with Crippen molar-refractivity contribution in [3.05, 3.63) is 100 Å². The van der Waals surface area contributed by atoms with Crippen LogP contribution in [0.4, 0.5) is 18.9 Å². The van der Waals surface area contributed by atoms with Crippen molar-refractivity contribution in [2.45, 2.75) is 31.4 Å². The lowest BCUT2D eigenvalue weighted by molar-refractivity contribution is -0.137. The van der Waals surface area contributed by atoms with E-state index < -0.39 is 17.7 Å². The Hall–Kier alpha value is -3.83. The highest BCUT2D eigenvalue weighted by atomic mass is 35.5. The molecule has 0 amide bonds. The third-order valence-corrected chi connectivity index (χ3v) is 6.55. The maximum Gasteiger partial charge on any atom is 0.416 e. The Bertz CT molecular complexity index is 1400. The second-order valence-corrected chi connectivity index (χ2v) is 8.70. The number of allylic oxidation sites excluding steroid dienone is 3. The van der Waals surface area contributed by atoms with Gasteiger partial charge in [-0.3, -0.25) is 14.7 Å². The molecule has 2 aliphatic rings. The van der Waals surface area contributed by atoms with Gasteiger partial charge in [0.05, 0.1) is 33.8 Å². The van der Waals surface area contributed by atoms with Gasteiger partial charge in [-0.15, -0.1) is 0 Å². The van der Waals surface area contributed by atoms with E-state index in [-0.39, 0.29) is 28.5 Å². The summed E-state index contributed by atoms with van der Waals surface area (Å²) in [4.78, 5) is 19.0. The van der Waals surface area contributed by atoms with Crippen LogP contribution >= 0.6 is 11.6 Å². The van der Waals surface area contributed by atoms with Crippen molar-refractivity contribution in [1.29, 1.82) is 5.26 Å². The number of hydrogen-bond donors (Lipinski definition) is 0. The minimum Gasteiger partial charge on any atom is -0.309 e. The molecule has 0 spiro atoms. The number of alkyl halides is 3. The molecule has 35 heavy (non-hydrogen) atoms. The van der Waals surface area contributed by atoms with Crippen molar-refractivity contribution in [2.24, 2.45) is 0 Å². The predicted octanol–water partition coefficient (Wildman–Crippen LogP) is 6.56. The van der Waals surface area contributed by atoms with Gasteiger partial charge in [0.1, 0.15) is 5.82 Å². The zero-order valence-electron chi connectivity index (χ0n) is 18.3. The summed E-state index contributed by atoms with van der Waals surface area (Å²) in [6, 6.07) is 12.3. The van der Waals surface area contributed by atoms with Crippen molar-refractivity contribution in [1.82, 2.24) is 9.55 Å². The number of hydrogen-bond acceptors (Lipinski definition) is 4. The second kappa shape index (κ2) is 8.75. The Morgan fingerprint density at radius 2 is 1.89 bits per heavy atom. The molecule has 3 heterocycles. The third kappa shape index (κ3) is 3.92. The SMILES string of the molecule is N#CC1=C(n2cccc2)N(c2cc(C(F)(F)F)ccc2Cl)C2=C(C(=O)CCC2)[C@@H]1c1cccnc1. The van der Waals surface area contributed by atoms with Crippen LogP contribution in [0.5, 0.6) is 0 Å². The van der Waals surface area contributed by atoms with E-state index >= 15 is 0 Å². The van der Waals surface area contributed by atoms with Crippen LogP contribution in [0.1, 0.15) is 36.3 Å². The summed E-state index contributed by atoms with van der Waals surface area (Å²) in [5, 5.41) is 10.4. The number of halogens is 4. The zero-order valence-corrected chi connectivity index (χ0v) is 19.0. The molecular formula is C26H18ClF3N4O. The number of rotatable bonds is 3. The number of anilines is 1. The first-order valence-electron chi connectivity index (χ1n) is 10.9. The van der Waals surface area contributed by atoms with Crippen molar-refractivity contribution < 1.29 is 18.0 Å². The third-order valence-electron chi connectivity index (χ3n) is 6.23. The number of Topliss-reactive ketones (excluding diaryl/α,β-unsaturated/α-hetero) is 1. The quantitative estimate of drug-likeness (QED) is 0.414. The van der Waals surface area contributed by atoms with Crippen molar-refractivity contribution >= 4 is 28.9 Å². The molecule has 0 saturated heterocycles. The van der Waals surface area contributed by atoms with E-state index in [1.54, 1.807) is 58.5 Å². The van der Waals surface area contributed by atoms with Gasteiger partial charge >= 0.3 is 6.18 Å². The van der Waals surface area contributed by atoms with E-state index in [2.05, 4.69) is 11.1 Å². The Kier molecular flexibility index (Phi) is 5.73. The first-order chi connectivity index (χ1) is 16.8. The molecule has 176 valence electrons. The fourth-order valence-corrected chi connectivity index (χ4v) is 4.98. The Labute approximate surface area is 204 Å². The minimum atomic E-state index is -4.59. The molecule has 2 aromatic heterocycles. The standard InChI is InChI=1S/C26H18ClF3N4O/c27-19-9-8-17(26(28,29)30)13-21(19)34-20-6-3-7-22(35)24(20)23(16-5-4-10-32-15-16)18(14-31)25(34)33-11-1-2-12-33/h1-2,4-5,8-13,15,23H,3,6-7H2/t23-/m1/s1. The van der Waals surface area contributed by atoms with Crippen LogP contribution in [0.25, 0.3) is 5.82 Å². The van der Waals surface area contributed by atoms with Gasteiger partial charge in [0.25, 0.3) is 0 Å². The summed E-state index contributed by atoms with van der Waals surface area (Å²) in [5.74, 6) is -0.511.